The first kappa shape index (κ1) is 13.9. The highest BCUT2D eigenvalue weighted by atomic mass is 16.4. The number of aliphatic carboxylic acids is 1. The number of carbonyl (C=O) groups excluding carboxylic acids is 1. The molecular formula is C16H20N2O3. The molecule has 0 aromatic heterocycles. The monoisotopic (exact) mass is 288 g/mol. The van der Waals surface area contributed by atoms with Crippen molar-refractivity contribution in [1.82, 2.24) is 5.32 Å². The zero-order valence-corrected chi connectivity index (χ0v) is 12.1. The third-order valence-electron chi connectivity index (χ3n) is 4.83. The standard InChI is InChI=1S/C16H20N2O3/c1-16(15(20)21)7-2-3-13(16)18-14(19)11-5-4-10-6-8-17-12(10)9-11/h4-5,9,13,17H,2-3,6-8H2,1H3,(H,18,19)(H,20,21). The number of carboxylic acid groups (broad SMARTS) is 1. The summed E-state index contributed by atoms with van der Waals surface area (Å²) in [5.74, 6) is -1.02. The lowest BCUT2D eigenvalue weighted by atomic mass is 9.85. The van der Waals surface area contributed by atoms with Crippen LogP contribution >= 0.6 is 0 Å². The third-order valence-corrected chi connectivity index (χ3v) is 4.83. The van der Waals surface area contributed by atoms with Gasteiger partial charge in [-0.3, -0.25) is 9.59 Å². The summed E-state index contributed by atoms with van der Waals surface area (Å²) >= 11 is 0. The molecule has 1 amide bonds. The van der Waals surface area contributed by atoms with Gasteiger partial charge in [0.05, 0.1) is 5.41 Å². The largest absolute Gasteiger partial charge is 0.481 e. The Morgan fingerprint density at radius 1 is 1.43 bits per heavy atom. The minimum Gasteiger partial charge on any atom is -0.481 e. The molecule has 2 aliphatic rings. The van der Waals surface area contributed by atoms with Crippen LogP contribution in [0.15, 0.2) is 18.2 Å². The quantitative estimate of drug-likeness (QED) is 0.795. The summed E-state index contributed by atoms with van der Waals surface area (Å²) in [4.78, 5) is 23.8. The van der Waals surface area contributed by atoms with E-state index in [1.54, 1.807) is 6.92 Å². The maximum absolute atomic E-state index is 12.4. The zero-order chi connectivity index (χ0) is 15.0. The van der Waals surface area contributed by atoms with E-state index in [0.717, 1.165) is 31.5 Å². The molecule has 5 heteroatoms. The minimum atomic E-state index is -0.857. The van der Waals surface area contributed by atoms with Crippen LogP contribution in [0.25, 0.3) is 0 Å². The van der Waals surface area contributed by atoms with Gasteiger partial charge in [0.1, 0.15) is 0 Å². The summed E-state index contributed by atoms with van der Waals surface area (Å²) < 4.78 is 0. The van der Waals surface area contributed by atoms with Crippen LogP contribution in [0.5, 0.6) is 0 Å². The Balaban J connectivity index is 1.76. The lowest BCUT2D eigenvalue weighted by molar-refractivity contribution is -0.148. The molecule has 3 rings (SSSR count). The van der Waals surface area contributed by atoms with Crippen LogP contribution < -0.4 is 10.6 Å². The molecule has 0 bridgehead atoms. The molecule has 1 aliphatic heterocycles. The van der Waals surface area contributed by atoms with Gasteiger partial charge in [-0.2, -0.15) is 0 Å². The lowest BCUT2D eigenvalue weighted by Gasteiger charge is -2.27. The number of hydrogen-bond acceptors (Lipinski definition) is 3. The first-order chi connectivity index (χ1) is 10.0. The number of carbonyl (C=O) groups is 2. The van der Waals surface area contributed by atoms with E-state index in [1.807, 2.05) is 18.2 Å². The Kier molecular flexibility index (Phi) is 3.35. The third kappa shape index (κ3) is 2.37. The summed E-state index contributed by atoms with van der Waals surface area (Å²) in [6.45, 7) is 2.62. The molecular weight excluding hydrogens is 268 g/mol. The number of rotatable bonds is 3. The highest BCUT2D eigenvalue weighted by Crippen LogP contribution is 2.38. The number of amides is 1. The number of anilines is 1. The van der Waals surface area contributed by atoms with Crippen molar-refractivity contribution in [3.63, 3.8) is 0 Å². The average Bonchev–Trinajstić information content (AvgIpc) is 3.06. The van der Waals surface area contributed by atoms with Crippen molar-refractivity contribution in [2.75, 3.05) is 11.9 Å². The van der Waals surface area contributed by atoms with E-state index < -0.39 is 11.4 Å². The van der Waals surface area contributed by atoms with E-state index >= 15 is 0 Å². The molecule has 2 unspecified atom stereocenters. The summed E-state index contributed by atoms with van der Waals surface area (Å²) in [5.41, 5.74) is 1.96. The van der Waals surface area contributed by atoms with E-state index in [-0.39, 0.29) is 11.9 Å². The molecule has 21 heavy (non-hydrogen) atoms. The average molecular weight is 288 g/mol. The second kappa shape index (κ2) is 5.06. The Morgan fingerprint density at radius 3 is 3.00 bits per heavy atom. The van der Waals surface area contributed by atoms with E-state index in [2.05, 4.69) is 10.6 Å². The van der Waals surface area contributed by atoms with Crippen molar-refractivity contribution in [3.8, 4) is 0 Å². The van der Waals surface area contributed by atoms with E-state index in [9.17, 15) is 14.7 Å². The number of benzene rings is 1. The van der Waals surface area contributed by atoms with Crippen molar-refractivity contribution in [2.24, 2.45) is 5.41 Å². The van der Waals surface area contributed by atoms with Gasteiger partial charge in [-0.15, -0.1) is 0 Å². The van der Waals surface area contributed by atoms with Crippen LogP contribution in [0.2, 0.25) is 0 Å². The summed E-state index contributed by atoms with van der Waals surface area (Å²) in [6, 6.07) is 5.33. The van der Waals surface area contributed by atoms with Gasteiger partial charge in [0.15, 0.2) is 0 Å². The zero-order valence-electron chi connectivity index (χ0n) is 12.1. The predicted octanol–water partition coefficient (Wildman–Crippen LogP) is 2.03. The van der Waals surface area contributed by atoms with E-state index in [0.29, 0.717) is 12.0 Å². The second-order valence-electron chi connectivity index (χ2n) is 6.19. The normalized spacial score (nSPS) is 27.0. The number of carboxylic acids is 1. The smallest absolute Gasteiger partial charge is 0.311 e. The molecule has 3 N–H and O–H groups in total. The molecule has 1 aromatic carbocycles. The molecule has 0 radical (unpaired) electrons. The van der Waals surface area contributed by atoms with Gasteiger partial charge in [-0.05, 0) is 43.9 Å². The maximum atomic E-state index is 12.4. The highest BCUT2D eigenvalue weighted by molar-refractivity contribution is 5.96. The fourth-order valence-corrected chi connectivity index (χ4v) is 3.33. The second-order valence-corrected chi connectivity index (χ2v) is 6.19. The van der Waals surface area contributed by atoms with Gasteiger partial charge in [0.25, 0.3) is 5.91 Å². The fraction of sp³-hybridized carbons (Fsp3) is 0.500. The summed E-state index contributed by atoms with van der Waals surface area (Å²) in [7, 11) is 0. The molecule has 1 fully saturated rings. The summed E-state index contributed by atoms with van der Waals surface area (Å²) in [5, 5.41) is 15.6. The predicted molar refractivity (Wildman–Crippen MR) is 79.5 cm³/mol. The lowest BCUT2D eigenvalue weighted by Crippen LogP contribution is -2.47. The molecule has 112 valence electrons. The van der Waals surface area contributed by atoms with Crippen molar-refractivity contribution in [2.45, 2.75) is 38.6 Å². The maximum Gasteiger partial charge on any atom is 0.311 e. The Bertz CT molecular complexity index is 599. The van der Waals surface area contributed by atoms with E-state index in [4.69, 9.17) is 0 Å². The van der Waals surface area contributed by atoms with Crippen LogP contribution in [-0.2, 0) is 11.2 Å². The van der Waals surface area contributed by atoms with Gasteiger partial charge < -0.3 is 15.7 Å². The molecule has 2 atom stereocenters. The van der Waals surface area contributed by atoms with E-state index in [1.165, 1.54) is 5.56 Å². The van der Waals surface area contributed by atoms with Crippen molar-refractivity contribution >= 4 is 17.6 Å². The summed E-state index contributed by atoms with van der Waals surface area (Å²) in [6.07, 6.45) is 3.15. The number of fused-ring (bicyclic) bond motifs is 1. The number of hydrogen-bond donors (Lipinski definition) is 3. The van der Waals surface area contributed by atoms with Crippen molar-refractivity contribution in [1.29, 1.82) is 0 Å². The van der Waals surface area contributed by atoms with Crippen LogP contribution in [0, 0.1) is 5.41 Å². The highest BCUT2D eigenvalue weighted by Gasteiger charge is 2.45. The first-order valence-electron chi connectivity index (χ1n) is 7.42. The van der Waals surface area contributed by atoms with Gasteiger partial charge in [-0.1, -0.05) is 12.5 Å². The fourth-order valence-electron chi connectivity index (χ4n) is 3.33. The van der Waals surface area contributed by atoms with Crippen LogP contribution in [0.4, 0.5) is 5.69 Å². The van der Waals surface area contributed by atoms with Crippen LogP contribution in [0.1, 0.15) is 42.1 Å². The SMILES string of the molecule is CC1(C(=O)O)CCCC1NC(=O)c1ccc2c(c1)NCC2. The van der Waals surface area contributed by atoms with Crippen molar-refractivity contribution < 1.29 is 14.7 Å². The molecule has 1 aliphatic carbocycles. The molecule has 1 aromatic rings. The molecule has 0 spiro atoms. The van der Waals surface area contributed by atoms with Gasteiger partial charge in [0.2, 0.25) is 0 Å². The number of nitrogens with one attached hydrogen (secondary N) is 2. The van der Waals surface area contributed by atoms with Gasteiger partial charge >= 0.3 is 5.97 Å². The molecule has 1 heterocycles. The minimum absolute atomic E-state index is 0.189. The van der Waals surface area contributed by atoms with Crippen LogP contribution in [-0.4, -0.2) is 29.6 Å². The Labute approximate surface area is 123 Å². The molecule has 0 saturated heterocycles. The van der Waals surface area contributed by atoms with Gasteiger partial charge in [0, 0.05) is 23.8 Å². The molecule has 5 nitrogen and oxygen atoms in total. The van der Waals surface area contributed by atoms with Crippen LogP contribution in [0.3, 0.4) is 0 Å². The van der Waals surface area contributed by atoms with Crippen molar-refractivity contribution in [3.05, 3.63) is 29.3 Å². The van der Waals surface area contributed by atoms with Gasteiger partial charge in [-0.25, -0.2) is 0 Å². The Hall–Kier alpha value is -2.04. The topological polar surface area (TPSA) is 78.4 Å². The Morgan fingerprint density at radius 2 is 2.24 bits per heavy atom. The molecule has 1 saturated carbocycles. The first-order valence-corrected chi connectivity index (χ1v) is 7.42.